The van der Waals surface area contributed by atoms with Crippen molar-refractivity contribution in [1.29, 1.82) is 0 Å². The molecule has 0 aliphatic rings. The molecule has 242 valence electrons. The molecule has 0 spiro atoms. The Morgan fingerprint density at radius 3 is 2.22 bits per heavy atom. The molecule has 1 amide bonds. The van der Waals surface area contributed by atoms with Gasteiger partial charge in [-0.15, -0.1) is 12.4 Å². The van der Waals surface area contributed by atoms with E-state index in [4.69, 9.17) is 0 Å². The number of carbonyl (C=O) groups is 1. The van der Waals surface area contributed by atoms with Crippen LogP contribution in [0.25, 0.3) is 10.8 Å². The molecule has 0 fully saturated rings. The summed E-state index contributed by atoms with van der Waals surface area (Å²) >= 11 is 0. The number of fused-ring (bicyclic) bond motifs is 1. The van der Waals surface area contributed by atoms with Crippen molar-refractivity contribution in [3.8, 4) is 0 Å². The van der Waals surface area contributed by atoms with Crippen molar-refractivity contribution in [3.05, 3.63) is 118 Å². The molecule has 4 rings (SSSR count). The summed E-state index contributed by atoms with van der Waals surface area (Å²) in [7, 11) is 0. The van der Waals surface area contributed by atoms with E-state index in [1.165, 1.54) is 6.07 Å². The molecule has 0 saturated heterocycles. The number of aliphatic hydroxyl groups excluding tert-OH is 1. The molecule has 0 bridgehead atoms. The second-order valence-electron chi connectivity index (χ2n) is 11.2. The first kappa shape index (κ1) is 35.8. The van der Waals surface area contributed by atoms with E-state index >= 15 is 0 Å². The SMILES string of the molecule is CCCC(CCC)n1ccc2c(C(=O)N[C@@H](Cc3ccccc3)[C@H](O)CNCc3cccc(C(F)(F)F)c3)cccc2c1=O.Cl. The van der Waals surface area contributed by atoms with Crippen molar-refractivity contribution in [2.45, 2.75) is 76.9 Å². The van der Waals surface area contributed by atoms with Crippen molar-refractivity contribution >= 4 is 29.1 Å². The van der Waals surface area contributed by atoms with Gasteiger partial charge in [-0.05, 0) is 54.7 Å². The van der Waals surface area contributed by atoms with Gasteiger partial charge in [0.2, 0.25) is 0 Å². The summed E-state index contributed by atoms with van der Waals surface area (Å²) in [5, 5.41) is 18.2. The number of hydrogen-bond donors (Lipinski definition) is 3. The van der Waals surface area contributed by atoms with Crippen molar-refractivity contribution in [2.75, 3.05) is 6.54 Å². The highest BCUT2D eigenvalue weighted by Crippen LogP contribution is 2.29. The number of benzene rings is 3. The van der Waals surface area contributed by atoms with Crippen LogP contribution in [0.4, 0.5) is 13.2 Å². The molecule has 3 N–H and O–H groups in total. The number of nitrogens with one attached hydrogen (secondary N) is 2. The van der Waals surface area contributed by atoms with Crippen LogP contribution in [-0.2, 0) is 19.1 Å². The van der Waals surface area contributed by atoms with E-state index in [2.05, 4.69) is 24.5 Å². The number of nitrogens with zero attached hydrogens (tertiary/aromatic N) is 1. The van der Waals surface area contributed by atoms with Gasteiger partial charge in [-0.3, -0.25) is 9.59 Å². The van der Waals surface area contributed by atoms with Crippen LogP contribution in [0, 0.1) is 0 Å². The van der Waals surface area contributed by atoms with Gasteiger partial charge in [0.15, 0.2) is 0 Å². The van der Waals surface area contributed by atoms with Crippen LogP contribution < -0.4 is 16.2 Å². The molecular weight excluding hydrogens is 603 g/mol. The fraction of sp³-hybridized carbons (Fsp3) is 0.371. The minimum absolute atomic E-state index is 0. The maximum Gasteiger partial charge on any atom is 0.416 e. The smallest absolute Gasteiger partial charge is 0.390 e. The van der Waals surface area contributed by atoms with Crippen LogP contribution in [0.15, 0.2) is 89.9 Å². The van der Waals surface area contributed by atoms with Crippen molar-refractivity contribution in [2.24, 2.45) is 0 Å². The number of pyridine rings is 1. The molecule has 0 unspecified atom stereocenters. The number of halogens is 4. The summed E-state index contributed by atoms with van der Waals surface area (Å²) in [5.41, 5.74) is 0.783. The number of rotatable bonds is 14. The largest absolute Gasteiger partial charge is 0.416 e. The van der Waals surface area contributed by atoms with Gasteiger partial charge in [0.25, 0.3) is 11.5 Å². The van der Waals surface area contributed by atoms with Gasteiger partial charge in [0.05, 0.1) is 17.7 Å². The zero-order valence-corrected chi connectivity index (χ0v) is 26.3. The fourth-order valence-corrected chi connectivity index (χ4v) is 5.63. The Morgan fingerprint density at radius 1 is 0.889 bits per heavy atom. The van der Waals surface area contributed by atoms with Gasteiger partial charge in [-0.2, -0.15) is 13.2 Å². The molecule has 0 aliphatic carbocycles. The van der Waals surface area contributed by atoms with Crippen LogP contribution >= 0.6 is 12.4 Å². The van der Waals surface area contributed by atoms with E-state index in [0.29, 0.717) is 28.3 Å². The molecular formula is C35H41ClF3N3O3. The lowest BCUT2D eigenvalue weighted by Gasteiger charge is -2.25. The van der Waals surface area contributed by atoms with E-state index < -0.39 is 29.8 Å². The van der Waals surface area contributed by atoms with Gasteiger partial charge >= 0.3 is 6.18 Å². The maximum absolute atomic E-state index is 13.7. The molecule has 45 heavy (non-hydrogen) atoms. The number of aliphatic hydroxyl groups is 1. The Bertz CT molecular complexity index is 1590. The molecule has 0 aliphatic heterocycles. The summed E-state index contributed by atoms with van der Waals surface area (Å²) < 4.78 is 41.1. The van der Waals surface area contributed by atoms with E-state index in [1.807, 2.05) is 36.4 Å². The van der Waals surface area contributed by atoms with Crippen molar-refractivity contribution in [3.63, 3.8) is 0 Å². The first-order valence-corrected chi connectivity index (χ1v) is 15.2. The summed E-state index contributed by atoms with van der Waals surface area (Å²) in [5.74, 6) is -0.427. The summed E-state index contributed by atoms with van der Waals surface area (Å²) in [6.45, 7) is 4.33. The van der Waals surface area contributed by atoms with E-state index in [9.17, 15) is 27.9 Å². The average molecular weight is 644 g/mol. The summed E-state index contributed by atoms with van der Waals surface area (Å²) in [4.78, 5) is 27.2. The molecule has 0 radical (unpaired) electrons. The number of carbonyl (C=O) groups excluding carboxylic acids is 1. The Hall–Kier alpha value is -3.66. The standard InChI is InChI=1S/C35H40F3N3O3.ClH/c1-3-10-27(11-4-2)41-19-18-28-29(16-9-17-30(28)34(41)44)33(43)40-31(21-24-12-6-5-7-13-24)32(42)23-39-22-25-14-8-15-26(20-25)35(36,37)38;/h5-9,12-20,27,31-32,39,42H,3-4,10-11,21-23H2,1-2H3,(H,40,43);1H/t31-,32+;/m0./s1. The van der Waals surface area contributed by atoms with Gasteiger partial charge in [0, 0.05) is 41.7 Å². The third-order valence-electron chi connectivity index (χ3n) is 7.87. The van der Waals surface area contributed by atoms with Crippen LogP contribution in [0.3, 0.4) is 0 Å². The highest BCUT2D eigenvalue weighted by Gasteiger charge is 2.30. The lowest BCUT2D eigenvalue weighted by molar-refractivity contribution is -0.137. The second-order valence-corrected chi connectivity index (χ2v) is 11.2. The highest BCUT2D eigenvalue weighted by molar-refractivity contribution is 6.06. The van der Waals surface area contributed by atoms with Crippen LogP contribution in [-0.4, -0.2) is 34.3 Å². The average Bonchev–Trinajstić information content (AvgIpc) is 3.01. The molecule has 1 aromatic heterocycles. The number of amides is 1. The molecule has 3 aromatic carbocycles. The summed E-state index contributed by atoms with van der Waals surface area (Å²) in [6.07, 6.45) is 0.288. The zero-order valence-electron chi connectivity index (χ0n) is 25.5. The first-order valence-electron chi connectivity index (χ1n) is 15.2. The molecule has 4 aromatic rings. The highest BCUT2D eigenvalue weighted by atomic mass is 35.5. The third-order valence-corrected chi connectivity index (χ3v) is 7.87. The third kappa shape index (κ3) is 9.42. The lowest BCUT2D eigenvalue weighted by Crippen LogP contribution is -2.48. The Labute approximate surface area is 268 Å². The molecule has 2 atom stereocenters. The minimum atomic E-state index is -4.44. The van der Waals surface area contributed by atoms with E-state index in [0.717, 1.165) is 43.4 Å². The van der Waals surface area contributed by atoms with Crippen molar-refractivity contribution in [1.82, 2.24) is 15.2 Å². The van der Waals surface area contributed by atoms with Crippen LogP contribution in [0.2, 0.25) is 0 Å². The zero-order chi connectivity index (χ0) is 31.7. The normalized spacial score (nSPS) is 13.0. The van der Waals surface area contributed by atoms with Gasteiger partial charge < -0.3 is 20.3 Å². The quantitative estimate of drug-likeness (QED) is 0.137. The summed E-state index contributed by atoms with van der Waals surface area (Å²) in [6, 6.07) is 20.7. The monoisotopic (exact) mass is 643 g/mol. The number of aromatic nitrogens is 1. The molecule has 0 saturated carbocycles. The molecule has 10 heteroatoms. The Balaban J connectivity index is 0.00000552. The lowest BCUT2D eigenvalue weighted by atomic mass is 9.99. The minimum Gasteiger partial charge on any atom is -0.390 e. The maximum atomic E-state index is 13.7. The predicted molar refractivity (Wildman–Crippen MR) is 175 cm³/mol. The Morgan fingerprint density at radius 2 is 1.56 bits per heavy atom. The molecule has 6 nitrogen and oxygen atoms in total. The van der Waals surface area contributed by atoms with E-state index in [-0.39, 0.29) is 37.1 Å². The second kappa shape index (κ2) is 16.6. The van der Waals surface area contributed by atoms with Crippen molar-refractivity contribution < 1.29 is 23.1 Å². The number of alkyl halides is 3. The Kier molecular flexibility index (Phi) is 13.2. The van der Waals surface area contributed by atoms with Gasteiger partial charge in [-0.25, -0.2) is 0 Å². The predicted octanol–water partition coefficient (Wildman–Crippen LogP) is 7.08. The van der Waals surface area contributed by atoms with Crippen LogP contribution in [0.5, 0.6) is 0 Å². The van der Waals surface area contributed by atoms with Gasteiger partial charge in [-0.1, -0.05) is 81.3 Å². The molecule has 1 heterocycles. The van der Waals surface area contributed by atoms with Gasteiger partial charge in [0.1, 0.15) is 0 Å². The topological polar surface area (TPSA) is 83.4 Å². The fourth-order valence-electron chi connectivity index (χ4n) is 5.63. The van der Waals surface area contributed by atoms with E-state index in [1.54, 1.807) is 35.0 Å². The number of hydrogen-bond acceptors (Lipinski definition) is 4. The van der Waals surface area contributed by atoms with Crippen LogP contribution in [0.1, 0.15) is 72.6 Å². The first-order chi connectivity index (χ1) is 21.1.